The number of ether oxygens (including phenoxy) is 1. The minimum absolute atomic E-state index is 0.186. The number of nitrogens with zero attached hydrogens (tertiary/aromatic N) is 3. The van der Waals surface area contributed by atoms with Gasteiger partial charge in [-0.2, -0.15) is 5.10 Å². The molecule has 6 nitrogen and oxygen atoms in total. The molecule has 0 aromatic carbocycles. The van der Waals surface area contributed by atoms with Crippen LogP contribution in [-0.4, -0.2) is 59.5 Å². The number of carbonyl (C=O) groups excluding carboxylic acids is 1. The molecule has 0 bridgehead atoms. The molecular formula is C18H30N4O2. The average Bonchev–Trinajstić information content (AvgIpc) is 3.17. The summed E-state index contributed by atoms with van der Waals surface area (Å²) in [6, 6.07) is 1.91. The first-order valence-corrected chi connectivity index (χ1v) is 9.38. The minimum Gasteiger partial charge on any atom is -0.376 e. The van der Waals surface area contributed by atoms with Crippen molar-refractivity contribution >= 4 is 5.91 Å². The Labute approximate surface area is 144 Å². The van der Waals surface area contributed by atoms with Crippen molar-refractivity contribution in [1.82, 2.24) is 20.0 Å². The molecule has 134 valence electrons. The first kappa shape index (κ1) is 17.4. The van der Waals surface area contributed by atoms with Gasteiger partial charge in [0, 0.05) is 32.1 Å². The molecule has 1 amide bonds. The zero-order chi connectivity index (χ0) is 16.8. The second kappa shape index (κ2) is 8.12. The van der Waals surface area contributed by atoms with Crippen LogP contribution < -0.4 is 5.32 Å². The van der Waals surface area contributed by atoms with Gasteiger partial charge in [0.25, 0.3) is 5.91 Å². The van der Waals surface area contributed by atoms with Gasteiger partial charge in [0.2, 0.25) is 0 Å². The molecule has 3 heterocycles. The molecule has 1 aromatic heterocycles. The molecule has 6 heteroatoms. The van der Waals surface area contributed by atoms with E-state index in [2.05, 4.69) is 17.3 Å². The molecule has 1 N–H and O–H groups in total. The maximum absolute atomic E-state index is 13.6. The quantitative estimate of drug-likeness (QED) is 0.861. The molecule has 1 aromatic rings. The van der Waals surface area contributed by atoms with Crippen LogP contribution in [0.5, 0.6) is 0 Å². The molecule has 1 atom stereocenters. The molecule has 3 rings (SSSR count). The number of carbonyl (C=O) groups is 1. The summed E-state index contributed by atoms with van der Waals surface area (Å²) in [5.41, 5.74) is -0.543. The number of amides is 1. The lowest BCUT2D eigenvalue weighted by Gasteiger charge is -2.41. The lowest BCUT2D eigenvalue weighted by molar-refractivity contribution is -0.146. The van der Waals surface area contributed by atoms with Gasteiger partial charge in [0.05, 0.1) is 6.10 Å². The molecule has 2 fully saturated rings. The fourth-order valence-electron chi connectivity index (χ4n) is 3.94. The number of rotatable bonds is 6. The summed E-state index contributed by atoms with van der Waals surface area (Å²) < 4.78 is 7.78. The van der Waals surface area contributed by atoms with E-state index in [9.17, 15) is 4.79 Å². The summed E-state index contributed by atoms with van der Waals surface area (Å²) in [4.78, 5) is 15.6. The van der Waals surface area contributed by atoms with Gasteiger partial charge in [-0.25, -0.2) is 0 Å². The Bertz CT molecular complexity index is 505. The van der Waals surface area contributed by atoms with Crippen LogP contribution in [0.15, 0.2) is 18.5 Å². The Hall–Kier alpha value is -1.40. The SMILES string of the molecule is CCCN(CC1CCCCO1)C(=O)C1(n2cccn2)CCNCC1. The average molecular weight is 334 g/mol. The van der Waals surface area contributed by atoms with Crippen molar-refractivity contribution in [2.24, 2.45) is 0 Å². The van der Waals surface area contributed by atoms with Gasteiger partial charge in [0.15, 0.2) is 0 Å². The zero-order valence-electron chi connectivity index (χ0n) is 14.7. The van der Waals surface area contributed by atoms with Gasteiger partial charge in [-0.3, -0.25) is 9.48 Å². The smallest absolute Gasteiger partial charge is 0.250 e. The number of piperidine rings is 1. The van der Waals surface area contributed by atoms with E-state index >= 15 is 0 Å². The molecule has 0 radical (unpaired) electrons. The fraction of sp³-hybridized carbons (Fsp3) is 0.778. The lowest BCUT2D eigenvalue weighted by atomic mass is 9.86. The third-order valence-electron chi connectivity index (χ3n) is 5.25. The van der Waals surface area contributed by atoms with Crippen LogP contribution in [-0.2, 0) is 15.1 Å². The Kier molecular flexibility index (Phi) is 5.89. The van der Waals surface area contributed by atoms with Gasteiger partial charge in [-0.15, -0.1) is 0 Å². The monoisotopic (exact) mass is 334 g/mol. The summed E-state index contributed by atoms with van der Waals surface area (Å²) in [6.07, 6.45) is 9.84. The third-order valence-corrected chi connectivity index (χ3v) is 5.25. The standard InChI is InChI=1S/C18H30N4O2/c1-2-12-21(15-16-6-3-4-14-24-16)17(23)18(7-10-19-11-8-18)22-13-5-9-20-22/h5,9,13,16,19H,2-4,6-8,10-12,14-15H2,1H3. The highest BCUT2D eigenvalue weighted by molar-refractivity contribution is 5.84. The van der Waals surface area contributed by atoms with Crippen molar-refractivity contribution < 1.29 is 9.53 Å². The summed E-state index contributed by atoms with van der Waals surface area (Å²) in [5, 5.41) is 7.80. The van der Waals surface area contributed by atoms with Gasteiger partial charge >= 0.3 is 0 Å². The number of aromatic nitrogens is 2. The summed E-state index contributed by atoms with van der Waals surface area (Å²) >= 11 is 0. The maximum Gasteiger partial charge on any atom is 0.250 e. The van der Waals surface area contributed by atoms with Crippen LogP contribution in [0.3, 0.4) is 0 Å². The van der Waals surface area contributed by atoms with Crippen molar-refractivity contribution in [1.29, 1.82) is 0 Å². The van der Waals surface area contributed by atoms with Crippen molar-refractivity contribution in [3.8, 4) is 0 Å². The molecule has 0 saturated carbocycles. The maximum atomic E-state index is 13.6. The van der Waals surface area contributed by atoms with Crippen LogP contribution in [0, 0.1) is 0 Å². The lowest BCUT2D eigenvalue weighted by Crippen LogP contribution is -2.57. The highest BCUT2D eigenvalue weighted by Crippen LogP contribution is 2.30. The van der Waals surface area contributed by atoms with E-state index in [1.807, 2.05) is 21.8 Å². The molecule has 0 spiro atoms. The van der Waals surface area contributed by atoms with E-state index in [0.29, 0.717) is 6.54 Å². The van der Waals surface area contributed by atoms with Gasteiger partial charge in [-0.1, -0.05) is 6.92 Å². The van der Waals surface area contributed by atoms with Crippen LogP contribution in [0.4, 0.5) is 0 Å². The Morgan fingerprint density at radius 2 is 2.25 bits per heavy atom. The molecule has 2 aliphatic heterocycles. The number of hydrogen-bond acceptors (Lipinski definition) is 4. The largest absolute Gasteiger partial charge is 0.376 e. The molecule has 2 saturated heterocycles. The predicted molar refractivity (Wildman–Crippen MR) is 92.8 cm³/mol. The van der Waals surface area contributed by atoms with E-state index in [0.717, 1.165) is 58.3 Å². The topological polar surface area (TPSA) is 59.4 Å². The molecule has 2 aliphatic rings. The normalized spacial score (nSPS) is 23.8. The predicted octanol–water partition coefficient (Wildman–Crippen LogP) is 1.77. The van der Waals surface area contributed by atoms with Crippen LogP contribution in [0.1, 0.15) is 45.4 Å². The van der Waals surface area contributed by atoms with Crippen LogP contribution in [0.2, 0.25) is 0 Å². The summed E-state index contributed by atoms with van der Waals surface area (Å²) in [5.74, 6) is 0.212. The van der Waals surface area contributed by atoms with Crippen molar-refractivity contribution in [2.45, 2.75) is 57.1 Å². The highest BCUT2D eigenvalue weighted by atomic mass is 16.5. The van der Waals surface area contributed by atoms with E-state index in [4.69, 9.17) is 4.74 Å². The Balaban J connectivity index is 1.80. The number of nitrogens with one attached hydrogen (secondary N) is 1. The van der Waals surface area contributed by atoms with Crippen molar-refractivity contribution in [3.05, 3.63) is 18.5 Å². The van der Waals surface area contributed by atoms with Crippen LogP contribution in [0.25, 0.3) is 0 Å². The van der Waals surface area contributed by atoms with Crippen molar-refractivity contribution in [3.63, 3.8) is 0 Å². The fourth-order valence-corrected chi connectivity index (χ4v) is 3.94. The van der Waals surface area contributed by atoms with E-state index in [-0.39, 0.29) is 12.0 Å². The summed E-state index contributed by atoms with van der Waals surface area (Å²) in [6.45, 7) is 6.16. The second-order valence-corrected chi connectivity index (χ2v) is 6.97. The molecule has 1 unspecified atom stereocenters. The Morgan fingerprint density at radius 1 is 1.42 bits per heavy atom. The molecular weight excluding hydrogens is 304 g/mol. The van der Waals surface area contributed by atoms with E-state index in [1.165, 1.54) is 6.42 Å². The first-order chi connectivity index (χ1) is 11.8. The van der Waals surface area contributed by atoms with E-state index in [1.54, 1.807) is 6.20 Å². The number of hydrogen-bond donors (Lipinski definition) is 1. The molecule has 24 heavy (non-hydrogen) atoms. The minimum atomic E-state index is -0.543. The molecule has 0 aliphatic carbocycles. The first-order valence-electron chi connectivity index (χ1n) is 9.38. The third kappa shape index (κ3) is 3.64. The highest BCUT2D eigenvalue weighted by Gasteiger charge is 2.44. The summed E-state index contributed by atoms with van der Waals surface area (Å²) in [7, 11) is 0. The van der Waals surface area contributed by atoms with Gasteiger partial charge in [0.1, 0.15) is 5.54 Å². The second-order valence-electron chi connectivity index (χ2n) is 6.97. The van der Waals surface area contributed by atoms with Gasteiger partial charge < -0.3 is 15.0 Å². The Morgan fingerprint density at radius 3 is 2.88 bits per heavy atom. The van der Waals surface area contributed by atoms with E-state index < -0.39 is 5.54 Å². The zero-order valence-corrected chi connectivity index (χ0v) is 14.7. The van der Waals surface area contributed by atoms with Crippen LogP contribution >= 0.6 is 0 Å². The van der Waals surface area contributed by atoms with Crippen molar-refractivity contribution in [2.75, 3.05) is 32.8 Å². The van der Waals surface area contributed by atoms with Gasteiger partial charge in [-0.05, 0) is 57.7 Å².